The lowest BCUT2D eigenvalue weighted by atomic mass is 10.1. The van der Waals surface area contributed by atoms with Crippen LogP contribution in [0.25, 0.3) is 0 Å². The number of hydrogen-bond donors (Lipinski definition) is 5. The second kappa shape index (κ2) is 9.94. The van der Waals surface area contributed by atoms with Crippen LogP contribution in [-0.4, -0.2) is 44.5 Å². The molecule has 9 heteroatoms. The molecule has 0 rings (SSSR count). The molecule has 0 aliphatic rings. The molecule has 0 heterocycles. The molecule has 0 aliphatic heterocycles. The third-order valence-corrected chi connectivity index (χ3v) is 1.84. The van der Waals surface area contributed by atoms with Gasteiger partial charge in [-0.2, -0.15) is 12.6 Å². The SMILES string of the molecule is C[C@](N)(CS)C(=O)O.Cl.O=C(O)/C=C\C(=O)O. The Morgan fingerprint density at radius 2 is 1.47 bits per heavy atom. The highest BCUT2D eigenvalue weighted by atomic mass is 35.5. The van der Waals surface area contributed by atoms with Gasteiger partial charge in [0.25, 0.3) is 0 Å². The molecule has 5 N–H and O–H groups in total. The molecule has 0 aliphatic carbocycles. The smallest absolute Gasteiger partial charge is 0.328 e. The highest BCUT2D eigenvalue weighted by molar-refractivity contribution is 7.80. The van der Waals surface area contributed by atoms with Crippen LogP contribution in [-0.2, 0) is 14.4 Å². The Morgan fingerprint density at radius 3 is 1.53 bits per heavy atom. The molecule has 0 spiro atoms. The normalized spacial score (nSPS) is 12.6. The zero-order chi connectivity index (χ0) is 13.4. The second-order valence-electron chi connectivity index (χ2n) is 2.89. The van der Waals surface area contributed by atoms with Crippen LogP contribution in [0.15, 0.2) is 12.2 Å². The van der Waals surface area contributed by atoms with Gasteiger partial charge in [-0.15, -0.1) is 12.4 Å². The van der Waals surface area contributed by atoms with Crippen molar-refractivity contribution >= 4 is 42.9 Å². The molecule has 0 aromatic rings. The maximum Gasteiger partial charge on any atom is 0.328 e. The molecular formula is C8H14ClNO6S. The first-order valence-electron chi connectivity index (χ1n) is 3.90. The average molecular weight is 288 g/mol. The Kier molecular flexibility index (Phi) is 12.3. The maximum absolute atomic E-state index is 10.1. The van der Waals surface area contributed by atoms with Gasteiger partial charge in [-0.25, -0.2) is 9.59 Å². The summed E-state index contributed by atoms with van der Waals surface area (Å²) < 4.78 is 0. The van der Waals surface area contributed by atoms with Gasteiger partial charge in [0, 0.05) is 17.9 Å². The molecule has 0 aromatic carbocycles. The highest BCUT2D eigenvalue weighted by Crippen LogP contribution is 1.99. The standard InChI is InChI=1S/C4H9NO2S.C4H4O4.ClH/c1-4(5,2-8)3(6)7;5-3(6)1-2-4(7)8;/h8H,2,5H2,1H3,(H,6,7);1-2H,(H,5,6)(H,7,8);1H/b;2-1-;/t4-;;/m0../s1. The van der Waals surface area contributed by atoms with Gasteiger partial charge in [0.05, 0.1) is 0 Å². The topological polar surface area (TPSA) is 138 Å². The number of halogens is 1. The molecule has 0 bridgehead atoms. The minimum Gasteiger partial charge on any atom is -0.480 e. The van der Waals surface area contributed by atoms with E-state index in [0.717, 1.165) is 0 Å². The monoisotopic (exact) mass is 287 g/mol. The Balaban J connectivity index is -0.000000218. The van der Waals surface area contributed by atoms with Gasteiger partial charge in [-0.3, -0.25) is 4.79 Å². The van der Waals surface area contributed by atoms with E-state index in [2.05, 4.69) is 12.6 Å². The van der Waals surface area contributed by atoms with E-state index in [9.17, 15) is 14.4 Å². The van der Waals surface area contributed by atoms with Crippen LogP contribution in [0, 0.1) is 0 Å². The first-order valence-corrected chi connectivity index (χ1v) is 4.53. The number of rotatable bonds is 4. The molecule has 17 heavy (non-hydrogen) atoms. The van der Waals surface area contributed by atoms with E-state index >= 15 is 0 Å². The molecule has 0 saturated heterocycles. The summed E-state index contributed by atoms with van der Waals surface area (Å²) in [5, 5.41) is 23.9. The molecule has 0 saturated carbocycles. The molecule has 0 unspecified atom stereocenters. The molecule has 0 amide bonds. The van der Waals surface area contributed by atoms with E-state index in [0.29, 0.717) is 12.2 Å². The van der Waals surface area contributed by atoms with Crippen molar-refractivity contribution in [2.24, 2.45) is 5.73 Å². The number of carboxylic acids is 3. The number of nitrogens with two attached hydrogens (primary N) is 1. The second-order valence-corrected chi connectivity index (χ2v) is 3.21. The summed E-state index contributed by atoms with van der Waals surface area (Å²) in [5.74, 6) is -3.38. The number of aliphatic carboxylic acids is 3. The van der Waals surface area contributed by atoms with Gasteiger partial charge < -0.3 is 21.1 Å². The van der Waals surface area contributed by atoms with Crippen LogP contribution in [0.1, 0.15) is 6.92 Å². The van der Waals surface area contributed by atoms with Gasteiger partial charge in [-0.1, -0.05) is 0 Å². The summed E-state index contributed by atoms with van der Waals surface area (Å²) in [5.41, 5.74) is 4.01. The van der Waals surface area contributed by atoms with Crippen LogP contribution in [0.4, 0.5) is 0 Å². The quantitative estimate of drug-likeness (QED) is 0.358. The van der Waals surface area contributed by atoms with Crippen molar-refractivity contribution in [3.8, 4) is 0 Å². The zero-order valence-electron chi connectivity index (χ0n) is 8.86. The summed E-state index contributed by atoms with van der Waals surface area (Å²) >= 11 is 3.73. The molecule has 1 atom stereocenters. The van der Waals surface area contributed by atoms with Crippen LogP contribution in [0.5, 0.6) is 0 Å². The lowest BCUT2D eigenvalue weighted by Gasteiger charge is -2.14. The van der Waals surface area contributed by atoms with Gasteiger partial charge in [-0.05, 0) is 6.92 Å². The summed E-state index contributed by atoms with van der Waals surface area (Å²) in [6, 6.07) is 0. The summed E-state index contributed by atoms with van der Waals surface area (Å²) in [6.07, 6.45) is 1.12. The minimum atomic E-state index is -1.26. The van der Waals surface area contributed by atoms with Crippen molar-refractivity contribution < 1.29 is 29.7 Å². The van der Waals surface area contributed by atoms with Crippen molar-refractivity contribution in [3.63, 3.8) is 0 Å². The Bertz CT molecular complexity index is 288. The largest absolute Gasteiger partial charge is 0.480 e. The van der Waals surface area contributed by atoms with Crippen molar-refractivity contribution in [3.05, 3.63) is 12.2 Å². The predicted octanol–water partition coefficient (Wildman–Crippen LogP) is -0.148. The van der Waals surface area contributed by atoms with Gasteiger partial charge in [0.1, 0.15) is 5.54 Å². The van der Waals surface area contributed by atoms with E-state index in [4.69, 9.17) is 21.1 Å². The average Bonchev–Trinajstić information content (AvgIpc) is 2.15. The molecule has 100 valence electrons. The predicted molar refractivity (Wildman–Crippen MR) is 65.7 cm³/mol. The number of carboxylic acid groups (broad SMARTS) is 3. The van der Waals surface area contributed by atoms with Crippen LogP contribution < -0.4 is 5.73 Å². The third-order valence-electron chi connectivity index (χ3n) is 1.19. The van der Waals surface area contributed by atoms with Gasteiger partial charge >= 0.3 is 17.9 Å². The first-order chi connectivity index (χ1) is 7.13. The number of thiol groups is 1. The zero-order valence-corrected chi connectivity index (χ0v) is 10.6. The first kappa shape index (κ1) is 21.1. The van der Waals surface area contributed by atoms with E-state index in [-0.39, 0.29) is 18.2 Å². The molecular weight excluding hydrogens is 274 g/mol. The molecule has 0 fully saturated rings. The fourth-order valence-corrected chi connectivity index (χ4v) is 0.345. The molecule has 7 nitrogen and oxygen atoms in total. The van der Waals surface area contributed by atoms with Crippen molar-refractivity contribution in [1.29, 1.82) is 0 Å². The number of carbonyl (C=O) groups is 3. The fourth-order valence-electron chi connectivity index (χ4n) is 0.210. The Labute approximate surface area is 109 Å². The van der Waals surface area contributed by atoms with E-state index in [1.807, 2.05) is 0 Å². The fraction of sp³-hybridized carbons (Fsp3) is 0.375. The van der Waals surface area contributed by atoms with E-state index in [1.165, 1.54) is 6.92 Å². The van der Waals surface area contributed by atoms with Crippen molar-refractivity contribution in [2.75, 3.05) is 5.75 Å². The summed E-state index contributed by atoms with van der Waals surface area (Å²) in [6.45, 7) is 1.42. The lowest BCUT2D eigenvalue weighted by molar-refractivity contribution is -0.141. The summed E-state index contributed by atoms with van der Waals surface area (Å²) in [4.78, 5) is 29.2. The highest BCUT2D eigenvalue weighted by Gasteiger charge is 2.25. The maximum atomic E-state index is 10.1. The number of hydrogen-bond acceptors (Lipinski definition) is 5. The molecule has 0 aromatic heterocycles. The van der Waals surface area contributed by atoms with Crippen LogP contribution in [0.3, 0.4) is 0 Å². The summed E-state index contributed by atoms with van der Waals surface area (Å²) in [7, 11) is 0. The van der Waals surface area contributed by atoms with Crippen molar-refractivity contribution in [2.45, 2.75) is 12.5 Å². The third kappa shape index (κ3) is 14.8. The van der Waals surface area contributed by atoms with E-state index < -0.39 is 23.4 Å². The van der Waals surface area contributed by atoms with Gasteiger partial charge in [0.15, 0.2) is 0 Å². The molecule has 0 radical (unpaired) electrons. The van der Waals surface area contributed by atoms with E-state index in [1.54, 1.807) is 0 Å². The van der Waals surface area contributed by atoms with Crippen LogP contribution >= 0.6 is 25.0 Å². The Morgan fingerprint density at radius 1 is 1.18 bits per heavy atom. The Hall–Kier alpha value is -1.25. The van der Waals surface area contributed by atoms with Gasteiger partial charge in [0.2, 0.25) is 0 Å². The minimum absolute atomic E-state index is 0. The lowest BCUT2D eigenvalue weighted by Crippen LogP contribution is -2.46. The van der Waals surface area contributed by atoms with Crippen molar-refractivity contribution in [1.82, 2.24) is 0 Å². The van der Waals surface area contributed by atoms with Crippen LogP contribution in [0.2, 0.25) is 0 Å².